The first kappa shape index (κ1) is 30.1. The monoisotopic (exact) mass is 570 g/mol. The van der Waals surface area contributed by atoms with E-state index in [1.54, 1.807) is 13.8 Å². The van der Waals surface area contributed by atoms with Crippen LogP contribution in [0.2, 0.25) is 0 Å². The van der Waals surface area contributed by atoms with E-state index in [0.717, 1.165) is 93.6 Å². The molecule has 3 aromatic rings. The molecule has 2 aliphatic heterocycles. The van der Waals surface area contributed by atoms with Crippen molar-refractivity contribution in [2.75, 3.05) is 19.6 Å². The van der Waals surface area contributed by atoms with E-state index in [2.05, 4.69) is 28.0 Å². The lowest BCUT2D eigenvalue weighted by Gasteiger charge is -2.32. The summed E-state index contributed by atoms with van der Waals surface area (Å²) >= 11 is 0. The van der Waals surface area contributed by atoms with Gasteiger partial charge < -0.3 is 5.11 Å². The smallest absolute Gasteiger partial charge is 0.313 e. The number of likely N-dealkylation sites (tertiary alicyclic amines) is 1. The Morgan fingerprint density at radius 2 is 1.62 bits per heavy atom. The van der Waals surface area contributed by atoms with Gasteiger partial charge in [-0.2, -0.15) is 0 Å². The van der Waals surface area contributed by atoms with Gasteiger partial charge in [-0.1, -0.05) is 48.5 Å². The highest BCUT2D eigenvalue weighted by atomic mass is 19.1. The fraction of sp³-hybridized carbons (Fsp3) is 0.444. The van der Waals surface area contributed by atoms with Crippen LogP contribution in [-0.4, -0.2) is 46.3 Å². The highest BCUT2D eigenvalue weighted by Crippen LogP contribution is 2.28. The molecule has 0 bridgehead atoms. The number of Topliss-reactive ketones (excluding diaryl/α,β-unsaturated/α-hetero) is 1. The Kier molecular flexibility index (Phi) is 9.54. The van der Waals surface area contributed by atoms with Gasteiger partial charge in [0.1, 0.15) is 5.82 Å². The van der Waals surface area contributed by atoms with Gasteiger partial charge in [-0.3, -0.25) is 19.4 Å². The molecule has 6 heteroatoms. The van der Waals surface area contributed by atoms with Crippen LogP contribution in [0.3, 0.4) is 0 Å². The summed E-state index contributed by atoms with van der Waals surface area (Å²) in [6, 6.07) is 21.0. The van der Waals surface area contributed by atoms with E-state index < -0.39 is 11.4 Å². The number of carbonyl (C=O) groups is 2. The van der Waals surface area contributed by atoms with Crippen LogP contribution < -0.4 is 0 Å². The fourth-order valence-electron chi connectivity index (χ4n) is 6.34. The molecule has 1 saturated heterocycles. The summed E-state index contributed by atoms with van der Waals surface area (Å²) in [4.78, 5) is 29.7. The molecule has 0 aliphatic carbocycles. The first-order valence-electron chi connectivity index (χ1n) is 15.3. The summed E-state index contributed by atoms with van der Waals surface area (Å²) in [6.07, 6.45) is 5.75. The first-order chi connectivity index (χ1) is 20.2. The summed E-state index contributed by atoms with van der Waals surface area (Å²) in [5.74, 6) is -0.246. The van der Waals surface area contributed by atoms with Gasteiger partial charge in [-0.15, -0.1) is 0 Å². The Morgan fingerprint density at radius 3 is 2.36 bits per heavy atom. The lowest BCUT2D eigenvalue weighted by Crippen LogP contribution is -2.33. The van der Waals surface area contributed by atoms with Crippen molar-refractivity contribution in [3.8, 4) is 0 Å². The maximum absolute atomic E-state index is 13.3. The van der Waals surface area contributed by atoms with Crippen LogP contribution in [0.1, 0.15) is 84.1 Å². The second-order valence-corrected chi connectivity index (χ2v) is 12.7. The number of hydrogen-bond donors (Lipinski definition) is 1. The summed E-state index contributed by atoms with van der Waals surface area (Å²) in [5.41, 5.74) is 5.57. The zero-order chi connectivity index (χ0) is 29.7. The van der Waals surface area contributed by atoms with Gasteiger partial charge in [0.15, 0.2) is 5.78 Å². The number of rotatable bonds is 10. The Hall–Kier alpha value is -3.35. The minimum atomic E-state index is -0.907. The minimum absolute atomic E-state index is 0.210. The number of piperidine rings is 1. The molecule has 0 amide bonds. The molecule has 0 saturated carbocycles. The van der Waals surface area contributed by atoms with E-state index in [9.17, 15) is 19.1 Å². The van der Waals surface area contributed by atoms with Crippen LogP contribution in [0, 0.1) is 11.7 Å². The number of fused-ring (bicyclic) bond motifs is 1. The second-order valence-electron chi connectivity index (χ2n) is 12.7. The fourth-order valence-corrected chi connectivity index (χ4v) is 6.34. The van der Waals surface area contributed by atoms with Crippen molar-refractivity contribution in [3.05, 3.63) is 106 Å². The number of carbonyl (C=O) groups excluding carboxylic acids is 1. The van der Waals surface area contributed by atoms with Crippen LogP contribution in [0.4, 0.5) is 4.39 Å². The Balaban J connectivity index is 1.11. The molecule has 5 nitrogen and oxygen atoms in total. The Morgan fingerprint density at radius 1 is 0.881 bits per heavy atom. The molecular formula is C36H43FN2O3. The van der Waals surface area contributed by atoms with E-state index >= 15 is 0 Å². The molecule has 1 N–H and O–H groups in total. The van der Waals surface area contributed by atoms with Gasteiger partial charge in [0.2, 0.25) is 0 Å². The number of halogens is 1. The molecule has 0 aromatic heterocycles. The maximum atomic E-state index is 13.3. The topological polar surface area (TPSA) is 60.9 Å². The molecular weight excluding hydrogens is 527 g/mol. The van der Waals surface area contributed by atoms with Crippen LogP contribution in [0.25, 0.3) is 0 Å². The van der Waals surface area contributed by atoms with E-state index in [0.29, 0.717) is 12.3 Å². The molecule has 0 radical (unpaired) electrons. The average molecular weight is 571 g/mol. The number of carboxylic acid groups (broad SMARTS) is 1. The van der Waals surface area contributed by atoms with Crippen molar-refractivity contribution in [3.63, 3.8) is 0 Å². The van der Waals surface area contributed by atoms with E-state index in [1.165, 1.54) is 23.3 Å². The predicted molar refractivity (Wildman–Crippen MR) is 164 cm³/mol. The molecule has 2 heterocycles. The molecule has 5 rings (SSSR count). The molecule has 0 spiro atoms. The zero-order valence-corrected chi connectivity index (χ0v) is 24.9. The second kappa shape index (κ2) is 13.3. The zero-order valence-electron chi connectivity index (χ0n) is 24.9. The van der Waals surface area contributed by atoms with E-state index in [1.807, 2.05) is 36.4 Å². The van der Waals surface area contributed by atoms with Crippen LogP contribution in [-0.2, 0) is 36.3 Å². The number of carboxylic acids is 1. The van der Waals surface area contributed by atoms with Crippen LogP contribution in [0.5, 0.6) is 0 Å². The lowest BCUT2D eigenvalue weighted by molar-refractivity contribution is -0.142. The lowest BCUT2D eigenvalue weighted by atomic mass is 9.84. The largest absolute Gasteiger partial charge is 0.481 e. The molecule has 1 fully saturated rings. The minimum Gasteiger partial charge on any atom is -0.481 e. The molecule has 0 unspecified atom stereocenters. The summed E-state index contributed by atoms with van der Waals surface area (Å²) in [7, 11) is 0. The number of hydrogen-bond acceptors (Lipinski definition) is 4. The van der Waals surface area contributed by atoms with Crippen LogP contribution in [0.15, 0.2) is 66.7 Å². The van der Waals surface area contributed by atoms with Crippen LogP contribution >= 0.6 is 0 Å². The summed E-state index contributed by atoms with van der Waals surface area (Å²) < 4.78 is 13.3. The summed E-state index contributed by atoms with van der Waals surface area (Å²) in [6.45, 7) is 8.88. The van der Waals surface area contributed by atoms with Gasteiger partial charge in [-0.25, -0.2) is 4.39 Å². The molecule has 42 heavy (non-hydrogen) atoms. The Labute approximate surface area is 249 Å². The van der Waals surface area contributed by atoms with Crippen molar-refractivity contribution >= 4 is 11.8 Å². The van der Waals surface area contributed by atoms with E-state index in [4.69, 9.17) is 0 Å². The van der Waals surface area contributed by atoms with Crippen molar-refractivity contribution in [1.82, 2.24) is 9.80 Å². The SMILES string of the molecule is CC(C)(C(=O)O)c1cccc(CN2CCC(CCC(=O)c3ccc4c(c3)CN(Cc3ccc(F)cc3)CCC4)CC2)c1. The third kappa shape index (κ3) is 7.53. The maximum Gasteiger partial charge on any atom is 0.313 e. The average Bonchev–Trinajstić information content (AvgIpc) is 3.19. The molecule has 0 atom stereocenters. The van der Waals surface area contributed by atoms with Gasteiger partial charge in [0, 0.05) is 31.6 Å². The summed E-state index contributed by atoms with van der Waals surface area (Å²) in [5, 5.41) is 9.58. The quantitative estimate of drug-likeness (QED) is 0.266. The predicted octanol–water partition coefficient (Wildman–Crippen LogP) is 7.01. The first-order valence-corrected chi connectivity index (χ1v) is 15.3. The number of ketones is 1. The van der Waals surface area contributed by atoms with Gasteiger partial charge in [-0.05, 0) is 118 Å². The van der Waals surface area contributed by atoms with Crippen molar-refractivity contribution in [1.29, 1.82) is 0 Å². The number of nitrogens with zero attached hydrogens (tertiary/aromatic N) is 2. The number of aryl methyl sites for hydroxylation is 1. The van der Waals surface area contributed by atoms with Crippen molar-refractivity contribution < 1.29 is 19.1 Å². The highest BCUT2D eigenvalue weighted by molar-refractivity contribution is 5.96. The third-order valence-corrected chi connectivity index (χ3v) is 9.24. The standard InChI is InChI=1S/C36H43FN2O3/c1-36(2,35(41)42)32-7-3-5-28(21-32)24-38-19-16-26(17-20-38)10-15-34(40)30-12-11-29-6-4-18-39(25-31(29)22-30)23-27-8-13-33(37)14-9-27/h3,5,7-9,11-14,21-22,26H,4,6,10,15-20,23-25H2,1-2H3,(H,41,42). The molecule has 222 valence electrons. The molecule has 3 aromatic carbocycles. The normalized spacial score (nSPS) is 17.0. The van der Waals surface area contributed by atoms with Crippen molar-refractivity contribution in [2.45, 2.75) is 77.4 Å². The Bertz CT molecular complexity index is 1390. The van der Waals surface area contributed by atoms with Crippen molar-refractivity contribution in [2.24, 2.45) is 5.92 Å². The highest BCUT2D eigenvalue weighted by Gasteiger charge is 2.29. The molecule has 2 aliphatic rings. The van der Waals surface area contributed by atoms with E-state index in [-0.39, 0.29) is 11.6 Å². The van der Waals surface area contributed by atoms with Gasteiger partial charge in [0.25, 0.3) is 0 Å². The van der Waals surface area contributed by atoms with Gasteiger partial charge in [0.05, 0.1) is 5.41 Å². The number of benzene rings is 3. The third-order valence-electron chi connectivity index (χ3n) is 9.24. The number of aliphatic carboxylic acids is 1. The van der Waals surface area contributed by atoms with Gasteiger partial charge >= 0.3 is 5.97 Å².